The third kappa shape index (κ3) is 4.65. The van der Waals surface area contributed by atoms with E-state index in [0.29, 0.717) is 17.3 Å². The summed E-state index contributed by atoms with van der Waals surface area (Å²) in [6.07, 6.45) is 3.33. The molecule has 0 bridgehead atoms. The largest absolute Gasteiger partial charge is 0.399 e. The van der Waals surface area contributed by atoms with Gasteiger partial charge in [0.05, 0.1) is 0 Å². The van der Waals surface area contributed by atoms with Crippen LogP contribution in [-0.2, 0) is 11.3 Å². The Balaban J connectivity index is 1.97. The molecule has 2 aromatic rings. The highest BCUT2D eigenvalue weighted by atomic mass is 35.5. The second kappa shape index (κ2) is 6.95. The van der Waals surface area contributed by atoms with Crippen molar-refractivity contribution in [2.45, 2.75) is 6.54 Å². The third-order valence-electron chi connectivity index (χ3n) is 3.04. The average molecular weight is 301 g/mol. The van der Waals surface area contributed by atoms with Crippen molar-refractivity contribution in [1.82, 2.24) is 4.90 Å². The molecule has 1 amide bonds. The van der Waals surface area contributed by atoms with E-state index in [1.807, 2.05) is 36.4 Å². The monoisotopic (exact) mass is 300 g/mol. The number of benzene rings is 2. The number of rotatable bonds is 4. The van der Waals surface area contributed by atoms with E-state index in [0.717, 1.165) is 11.1 Å². The van der Waals surface area contributed by atoms with E-state index in [9.17, 15) is 4.79 Å². The van der Waals surface area contributed by atoms with E-state index in [-0.39, 0.29) is 5.91 Å². The molecule has 21 heavy (non-hydrogen) atoms. The van der Waals surface area contributed by atoms with Crippen LogP contribution in [0.1, 0.15) is 11.1 Å². The van der Waals surface area contributed by atoms with Gasteiger partial charge in [-0.05, 0) is 41.5 Å². The van der Waals surface area contributed by atoms with E-state index in [1.165, 1.54) is 0 Å². The molecule has 0 aliphatic carbocycles. The molecule has 0 aromatic heterocycles. The SMILES string of the molecule is CN(Cc1cccc(Cl)c1)C(=O)/C=C/c1ccc(N)cc1. The Morgan fingerprint density at radius 1 is 1.24 bits per heavy atom. The highest BCUT2D eigenvalue weighted by Crippen LogP contribution is 2.12. The molecular weight excluding hydrogens is 284 g/mol. The quantitative estimate of drug-likeness (QED) is 0.693. The summed E-state index contributed by atoms with van der Waals surface area (Å²) in [5, 5.41) is 0.672. The van der Waals surface area contributed by atoms with Gasteiger partial charge in [0.2, 0.25) is 5.91 Å². The van der Waals surface area contributed by atoms with E-state index in [4.69, 9.17) is 17.3 Å². The number of anilines is 1. The van der Waals surface area contributed by atoms with E-state index in [2.05, 4.69) is 0 Å². The van der Waals surface area contributed by atoms with Gasteiger partial charge in [0.1, 0.15) is 0 Å². The van der Waals surface area contributed by atoms with Gasteiger partial charge in [-0.2, -0.15) is 0 Å². The molecule has 0 aliphatic rings. The zero-order valence-corrected chi connectivity index (χ0v) is 12.5. The molecule has 0 fully saturated rings. The molecule has 0 saturated carbocycles. The number of hydrogen-bond donors (Lipinski definition) is 1. The maximum Gasteiger partial charge on any atom is 0.246 e. The molecule has 3 nitrogen and oxygen atoms in total. The minimum atomic E-state index is -0.0631. The van der Waals surface area contributed by atoms with Crippen LogP contribution in [0.3, 0.4) is 0 Å². The molecule has 0 aliphatic heterocycles. The Morgan fingerprint density at radius 2 is 1.95 bits per heavy atom. The van der Waals surface area contributed by atoms with Crippen LogP contribution in [-0.4, -0.2) is 17.9 Å². The summed E-state index contributed by atoms with van der Waals surface area (Å²) in [7, 11) is 1.76. The summed E-state index contributed by atoms with van der Waals surface area (Å²) >= 11 is 5.93. The van der Waals surface area contributed by atoms with Crippen LogP contribution in [0.15, 0.2) is 54.6 Å². The molecule has 0 saturated heterocycles. The van der Waals surface area contributed by atoms with E-state index < -0.39 is 0 Å². The number of nitrogens with two attached hydrogens (primary N) is 1. The molecule has 4 heteroatoms. The Labute approximate surface area is 129 Å². The van der Waals surface area contributed by atoms with Crippen molar-refractivity contribution in [3.8, 4) is 0 Å². The van der Waals surface area contributed by atoms with Gasteiger partial charge in [0.15, 0.2) is 0 Å². The normalized spacial score (nSPS) is 10.8. The molecule has 0 unspecified atom stereocenters. The summed E-state index contributed by atoms with van der Waals surface area (Å²) in [6.45, 7) is 0.519. The number of hydrogen-bond acceptors (Lipinski definition) is 2. The zero-order chi connectivity index (χ0) is 15.2. The van der Waals surface area contributed by atoms with Gasteiger partial charge in [-0.1, -0.05) is 35.9 Å². The topological polar surface area (TPSA) is 46.3 Å². The average Bonchev–Trinajstić information content (AvgIpc) is 2.46. The smallest absolute Gasteiger partial charge is 0.246 e. The molecule has 2 aromatic carbocycles. The second-order valence-corrected chi connectivity index (χ2v) is 5.26. The first-order valence-corrected chi connectivity index (χ1v) is 6.95. The van der Waals surface area contributed by atoms with Crippen molar-refractivity contribution in [2.24, 2.45) is 0 Å². The van der Waals surface area contributed by atoms with Gasteiger partial charge >= 0.3 is 0 Å². The van der Waals surface area contributed by atoms with Crippen LogP contribution in [0.25, 0.3) is 6.08 Å². The van der Waals surface area contributed by atoms with Gasteiger partial charge in [0.25, 0.3) is 0 Å². The summed E-state index contributed by atoms with van der Waals surface area (Å²) in [5.74, 6) is -0.0631. The zero-order valence-electron chi connectivity index (χ0n) is 11.8. The molecule has 0 spiro atoms. The predicted octanol–water partition coefficient (Wildman–Crippen LogP) is 3.59. The fourth-order valence-electron chi connectivity index (χ4n) is 1.89. The van der Waals surface area contributed by atoms with Gasteiger partial charge in [-0.15, -0.1) is 0 Å². The molecule has 0 radical (unpaired) electrons. The standard InChI is InChI=1S/C17H17ClN2O/c1-20(12-14-3-2-4-15(18)11-14)17(21)10-7-13-5-8-16(19)9-6-13/h2-11H,12,19H2,1H3/b10-7+. The Hall–Kier alpha value is -2.26. The maximum absolute atomic E-state index is 12.1. The van der Waals surface area contributed by atoms with Crippen molar-refractivity contribution >= 4 is 29.3 Å². The summed E-state index contributed by atoms with van der Waals surface area (Å²) < 4.78 is 0. The number of nitrogen functional groups attached to an aromatic ring is 1. The molecule has 2 rings (SSSR count). The van der Waals surface area contributed by atoms with Crippen molar-refractivity contribution in [2.75, 3.05) is 12.8 Å². The van der Waals surface area contributed by atoms with Crippen LogP contribution < -0.4 is 5.73 Å². The lowest BCUT2D eigenvalue weighted by Crippen LogP contribution is -2.24. The first-order chi connectivity index (χ1) is 10.0. The highest BCUT2D eigenvalue weighted by Gasteiger charge is 2.06. The number of nitrogens with zero attached hydrogens (tertiary/aromatic N) is 1. The summed E-state index contributed by atoms with van der Waals surface area (Å²) in [6, 6.07) is 14.8. The van der Waals surface area contributed by atoms with Crippen LogP contribution in [0.4, 0.5) is 5.69 Å². The first kappa shape index (κ1) is 15.1. The number of carbonyl (C=O) groups is 1. The van der Waals surface area contributed by atoms with Crippen molar-refractivity contribution in [3.05, 3.63) is 70.8 Å². The molecule has 108 valence electrons. The van der Waals surface area contributed by atoms with Gasteiger partial charge in [-0.3, -0.25) is 4.79 Å². The third-order valence-corrected chi connectivity index (χ3v) is 3.27. The van der Waals surface area contributed by atoms with Crippen LogP contribution in [0, 0.1) is 0 Å². The van der Waals surface area contributed by atoms with Crippen molar-refractivity contribution < 1.29 is 4.79 Å². The minimum Gasteiger partial charge on any atom is -0.399 e. The lowest BCUT2D eigenvalue weighted by molar-refractivity contribution is -0.125. The minimum absolute atomic E-state index is 0.0631. The van der Waals surface area contributed by atoms with Crippen LogP contribution in [0.2, 0.25) is 5.02 Å². The Bertz CT molecular complexity index is 650. The van der Waals surface area contributed by atoms with Gasteiger partial charge < -0.3 is 10.6 Å². The summed E-state index contributed by atoms with van der Waals surface area (Å²) in [5.41, 5.74) is 8.26. The fourth-order valence-corrected chi connectivity index (χ4v) is 2.10. The second-order valence-electron chi connectivity index (χ2n) is 4.82. The Morgan fingerprint density at radius 3 is 2.62 bits per heavy atom. The Kier molecular flexibility index (Phi) is 5.01. The van der Waals surface area contributed by atoms with Crippen molar-refractivity contribution in [1.29, 1.82) is 0 Å². The molecule has 2 N–H and O–H groups in total. The maximum atomic E-state index is 12.1. The predicted molar refractivity (Wildman–Crippen MR) is 87.8 cm³/mol. The molecule has 0 atom stereocenters. The number of likely N-dealkylation sites (N-methyl/N-ethyl adjacent to an activating group) is 1. The van der Waals surface area contributed by atoms with Gasteiger partial charge in [-0.25, -0.2) is 0 Å². The first-order valence-electron chi connectivity index (χ1n) is 6.58. The molecular formula is C17H17ClN2O. The van der Waals surface area contributed by atoms with Crippen LogP contribution >= 0.6 is 11.6 Å². The molecule has 0 heterocycles. The number of carbonyl (C=O) groups excluding carboxylic acids is 1. The highest BCUT2D eigenvalue weighted by molar-refractivity contribution is 6.30. The van der Waals surface area contributed by atoms with E-state index >= 15 is 0 Å². The van der Waals surface area contributed by atoms with Gasteiger partial charge in [0, 0.05) is 30.4 Å². The van der Waals surface area contributed by atoms with E-state index in [1.54, 1.807) is 36.2 Å². The lowest BCUT2D eigenvalue weighted by Gasteiger charge is -2.15. The van der Waals surface area contributed by atoms with Crippen LogP contribution in [0.5, 0.6) is 0 Å². The fraction of sp³-hybridized carbons (Fsp3) is 0.118. The number of amides is 1. The van der Waals surface area contributed by atoms with Crippen molar-refractivity contribution in [3.63, 3.8) is 0 Å². The summed E-state index contributed by atoms with van der Waals surface area (Å²) in [4.78, 5) is 13.7. The lowest BCUT2D eigenvalue weighted by atomic mass is 10.2. The number of halogens is 1.